The minimum atomic E-state index is 0. The van der Waals surface area contributed by atoms with Crippen molar-refractivity contribution in [3.05, 3.63) is 59.9 Å². The van der Waals surface area contributed by atoms with Crippen LogP contribution in [0.4, 0.5) is 5.69 Å². The Kier molecular flexibility index (Phi) is 7.51. The molecule has 5 heteroatoms. The van der Waals surface area contributed by atoms with E-state index in [1.165, 1.54) is 16.8 Å². The third-order valence-corrected chi connectivity index (χ3v) is 3.60. The molecule has 0 atom stereocenters. The molecule has 21 heavy (non-hydrogen) atoms. The molecule has 3 nitrogen and oxygen atoms in total. The molecule has 2 aromatic rings. The summed E-state index contributed by atoms with van der Waals surface area (Å²) in [5.74, 6) is 0. The van der Waals surface area contributed by atoms with Crippen LogP contribution in [0.2, 0.25) is 0 Å². The molecule has 0 unspecified atom stereocenters. The van der Waals surface area contributed by atoms with Crippen molar-refractivity contribution in [1.29, 1.82) is 0 Å². The molecule has 0 saturated carbocycles. The van der Waals surface area contributed by atoms with Crippen molar-refractivity contribution in [3.8, 4) is 0 Å². The van der Waals surface area contributed by atoms with Gasteiger partial charge >= 0.3 is 0 Å². The van der Waals surface area contributed by atoms with Crippen LogP contribution in [0.15, 0.2) is 48.8 Å². The van der Waals surface area contributed by atoms with Gasteiger partial charge in [-0.2, -0.15) is 0 Å². The maximum Gasteiger partial charge on any atom is 0.0412 e. The highest BCUT2D eigenvalue weighted by Crippen LogP contribution is 2.22. The van der Waals surface area contributed by atoms with Crippen molar-refractivity contribution in [3.63, 3.8) is 0 Å². The van der Waals surface area contributed by atoms with Crippen LogP contribution in [-0.4, -0.2) is 24.6 Å². The maximum atomic E-state index is 4.18. The number of para-hydroxylation sites is 1. The van der Waals surface area contributed by atoms with Gasteiger partial charge in [0.05, 0.1) is 0 Å². The Labute approximate surface area is 138 Å². The fraction of sp³-hybridized carbons (Fsp3) is 0.312. The van der Waals surface area contributed by atoms with Crippen LogP contribution in [0.1, 0.15) is 11.1 Å². The summed E-state index contributed by atoms with van der Waals surface area (Å²) in [7, 11) is 0. The monoisotopic (exact) mass is 325 g/mol. The van der Waals surface area contributed by atoms with Gasteiger partial charge in [0.15, 0.2) is 0 Å². The molecule has 1 N–H and O–H groups in total. The van der Waals surface area contributed by atoms with Crippen molar-refractivity contribution < 1.29 is 0 Å². The van der Waals surface area contributed by atoms with Crippen LogP contribution in [-0.2, 0) is 13.0 Å². The first kappa shape index (κ1) is 17.8. The molecule has 0 fully saturated rings. The van der Waals surface area contributed by atoms with Crippen LogP contribution >= 0.6 is 24.8 Å². The highest BCUT2D eigenvalue weighted by molar-refractivity contribution is 5.85. The summed E-state index contributed by atoms with van der Waals surface area (Å²) >= 11 is 0. The van der Waals surface area contributed by atoms with E-state index in [-0.39, 0.29) is 24.8 Å². The summed E-state index contributed by atoms with van der Waals surface area (Å²) in [6, 6.07) is 12.8. The van der Waals surface area contributed by atoms with Gasteiger partial charge in [-0.1, -0.05) is 24.3 Å². The largest absolute Gasteiger partial charge is 0.370 e. The minimum Gasteiger partial charge on any atom is -0.370 e. The zero-order chi connectivity index (χ0) is 12.9. The first-order valence-corrected chi connectivity index (χ1v) is 6.86. The minimum absolute atomic E-state index is 0. The Bertz CT molecular complexity index is 534. The highest BCUT2D eigenvalue weighted by Gasteiger charge is 2.13. The molecule has 0 amide bonds. The molecule has 2 heterocycles. The first-order valence-electron chi connectivity index (χ1n) is 6.86. The van der Waals surface area contributed by atoms with E-state index in [1.807, 2.05) is 18.5 Å². The summed E-state index contributed by atoms with van der Waals surface area (Å²) in [5.41, 5.74) is 4.07. The quantitative estimate of drug-likeness (QED) is 0.940. The molecule has 1 aromatic heterocycles. The number of fused-ring (bicyclic) bond motifs is 1. The van der Waals surface area contributed by atoms with Crippen LogP contribution < -0.4 is 10.2 Å². The molecule has 0 bridgehead atoms. The molecule has 3 rings (SSSR count). The van der Waals surface area contributed by atoms with Gasteiger partial charge in [0.2, 0.25) is 0 Å². The standard InChI is InChI=1S/C16H19N3.2ClH/c1-2-6-16-15(5-1)13-18-9-11-19(16)10-7-14-4-3-8-17-12-14;;/h1-6,8,12,18H,7,9-11,13H2;2*1H. The third-order valence-electron chi connectivity index (χ3n) is 3.60. The Hall–Kier alpha value is -1.29. The lowest BCUT2D eigenvalue weighted by molar-refractivity contribution is 0.686. The highest BCUT2D eigenvalue weighted by atomic mass is 35.5. The molecule has 1 aliphatic rings. The maximum absolute atomic E-state index is 4.18. The van der Waals surface area contributed by atoms with Gasteiger partial charge in [0.1, 0.15) is 0 Å². The van der Waals surface area contributed by atoms with Gasteiger partial charge in [-0.15, -0.1) is 24.8 Å². The SMILES string of the molecule is Cl.Cl.c1cncc(CCN2CCNCc3ccccc32)c1. The lowest BCUT2D eigenvalue weighted by Gasteiger charge is -2.24. The van der Waals surface area contributed by atoms with E-state index >= 15 is 0 Å². The van der Waals surface area contributed by atoms with E-state index < -0.39 is 0 Å². The molecule has 114 valence electrons. The summed E-state index contributed by atoms with van der Waals surface area (Å²) in [4.78, 5) is 6.65. The van der Waals surface area contributed by atoms with Gasteiger partial charge in [0.25, 0.3) is 0 Å². The number of halogens is 2. The number of benzene rings is 1. The smallest absolute Gasteiger partial charge is 0.0412 e. The Morgan fingerprint density at radius 2 is 1.95 bits per heavy atom. The third kappa shape index (κ3) is 4.60. The molecule has 1 aromatic carbocycles. The normalized spacial score (nSPS) is 13.4. The Balaban J connectivity index is 0.00000110. The predicted molar refractivity (Wildman–Crippen MR) is 92.8 cm³/mol. The van der Waals surface area contributed by atoms with Gasteiger partial charge in [-0.05, 0) is 29.7 Å². The van der Waals surface area contributed by atoms with Crippen LogP contribution in [0, 0.1) is 0 Å². The number of pyridine rings is 1. The predicted octanol–water partition coefficient (Wildman–Crippen LogP) is 3.08. The number of hydrogen-bond acceptors (Lipinski definition) is 3. The summed E-state index contributed by atoms with van der Waals surface area (Å²) in [6.07, 6.45) is 4.83. The first-order chi connectivity index (χ1) is 9.43. The number of aromatic nitrogens is 1. The topological polar surface area (TPSA) is 28.2 Å². The second-order valence-electron chi connectivity index (χ2n) is 4.90. The molecule has 0 radical (unpaired) electrons. The summed E-state index contributed by atoms with van der Waals surface area (Å²) in [5, 5.41) is 3.48. The van der Waals surface area contributed by atoms with Crippen molar-refractivity contribution in [2.75, 3.05) is 24.5 Å². The lowest BCUT2D eigenvalue weighted by atomic mass is 10.1. The number of hydrogen-bond donors (Lipinski definition) is 1. The fourth-order valence-corrected chi connectivity index (χ4v) is 2.57. The second kappa shape index (κ2) is 8.88. The van der Waals surface area contributed by atoms with Crippen molar-refractivity contribution >= 4 is 30.5 Å². The molecular weight excluding hydrogens is 305 g/mol. The van der Waals surface area contributed by atoms with E-state index in [0.29, 0.717) is 0 Å². The van der Waals surface area contributed by atoms with Crippen LogP contribution in [0.25, 0.3) is 0 Å². The van der Waals surface area contributed by atoms with Gasteiger partial charge in [-0.25, -0.2) is 0 Å². The van der Waals surface area contributed by atoms with E-state index in [2.05, 4.69) is 45.5 Å². The second-order valence-corrected chi connectivity index (χ2v) is 4.90. The number of nitrogens with one attached hydrogen (secondary N) is 1. The summed E-state index contributed by atoms with van der Waals surface area (Å²) < 4.78 is 0. The van der Waals surface area contributed by atoms with Gasteiger partial charge in [-0.3, -0.25) is 4.98 Å². The van der Waals surface area contributed by atoms with Gasteiger partial charge in [0, 0.05) is 44.3 Å². The van der Waals surface area contributed by atoms with Gasteiger partial charge < -0.3 is 10.2 Å². The lowest BCUT2D eigenvalue weighted by Crippen LogP contribution is -2.30. The van der Waals surface area contributed by atoms with E-state index in [1.54, 1.807) is 0 Å². The van der Waals surface area contributed by atoms with E-state index in [0.717, 1.165) is 32.6 Å². The van der Waals surface area contributed by atoms with Crippen molar-refractivity contribution in [2.45, 2.75) is 13.0 Å². The zero-order valence-electron chi connectivity index (χ0n) is 11.9. The van der Waals surface area contributed by atoms with Crippen molar-refractivity contribution in [1.82, 2.24) is 10.3 Å². The average Bonchev–Trinajstić information content (AvgIpc) is 2.68. The average molecular weight is 326 g/mol. The van der Waals surface area contributed by atoms with Crippen LogP contribution in [0.5, 0.6) is 0 Å². The van der Waals surface area contributed by atoms with E-state index in [9.17, 15) is 0 Å². The molecule has 1 aliphatic heterocycles. The molecular formula is C16H21Cl2N3. The van der Waals surface area contributed by atoms with Crippen molar-refractivity contribution in [2.24, 2.45) is 0 Å². The number of rotatable bonds is 3. The number of anilines is 1. The fourth-order valence-electron chi connectivity index (χ4n) is 2.57. The Morgan fingerprint density at radius 3 is 2.76 bits per heavy atom. The molecule has 0 aliphatic carbocycles. The molecule has 0 spiro atoms. The van der Waals surface area contributed by atoms with Crippen LogP contribution in [0.3, 0.4) is 0 Å². The van der Waals surface area contributed by atoms with E-state index in [4.69, 9.17) is 0 Å². The summed E-state index contributed by atoms with van der Waals surface area (Å²) in [6.45, 7) is 4.13. The zero-order valence-corrected chi connectivity index (χ0v) is 13.5. The molecule has 0 saturated heterocycles. The Morgan fingerprint density at radius 1 is 1.10 bits per heavy atom. The number of nitrogens with zero attached hydrogens (tertiary/aromatic N) is 2.